The van der Waals surface area contributed by atoms with Crippen molar-refractivity contribution >= 4 is 11.6 Å². The molecular weight excluding hydrogens is 206 g/mol. The van der Waals surface area contributed by atoms with E-state index in [9.17, 15) is 4.79 Å². The smallest absolute Gasteiger partial charge is 0.305 e. The van der Waals surface area contributed by atoms with Gasteiger partial charge in [0.2, 0.25) is 0 Å². The van der Waals surface area contributed by atoms with Gasteiger partial charge in [0.05, 0.1) is 12.1 Å². The molecule has 2 aromatic rings. The predicted molar refractivity (Wildman–Crippen MR) is 59.1 cm³/mol. The molecule has 0 amide bonds. The Labute approximate surface area is 92.5 Å². The molecule has 0 saturated heterocycles. The Morgan fingerprint density at radius 3 is 3.00 bits per heavy atom. The average molecular weight is 219 g/mol. The highest BCUT2D eigenvalue weighted by Gasteiger charge is 2.11. The second-order valence-electron chi connectivity index (χ2n) is 3.81. The Morgan fingerprint density at radius 2 is 2.31 bits per heavy atom. The van der Waals surface area contributed by atoms with E-state index < -0.39 is 12.0 Å². The van der Waals surface area contributed by atoms with Crippen LogP contribution in [-0.2, 0) is 4.79 Å². The maximum Gasteiger partial charge on any atom is 0.305 e. The van der Waals surface area contributed by atoms with E-state index in [2.05, 4.69) is 4.98 Å². The summed E-state index contributed by atoms with van der Waals surface area (Å²) in [6, 6.07) is 3.17. The van der Waals surface area contributed by atoms with Crippen LogP contribution >= 0.6 is 0 Å². The summed E-state index contributed by atoms with van der Waals surface area (Å²) in [5.41, 5.74) is 8.33. The quantitative estimate of drug-likeness (QED) is 0.810. The molecule has 84 valence electrons. The summed E-state index contributed by atoms with van der Waals surface area (Å²) in [5.74, 6) is -0.894. The van der Waals surface area contributed by atoms with Crippen LogP contribution in [0.4, 0.5) is 0 Å². The molecule has 5 heteroatoms. The fourth-order valence-corrected chi connectivity index (χ4v) is 1.66. The molecule has 1 unspecified atom stereocenters. The van der Waals surface area contributed by atoms with Crippen molar-refractivity contribution in [1.29, 1.82) is 0 Å². The van der Waals surface area contributed by atoms with Crippen LogP contribution in [0.1, 0.15) is 23.7 Å². The number of pyridine rings is 1. The van der Waals surface area contributed by atoms with Gasteiger partial charge in [0.25, 0.3) is 0 Å². The molecule has 5 nitrogen and oxygen atoms in total. The highest BCUT2D eigenvalue weighted by atomic mass is 16.4. The number of aryl methyl sites for hydroxylation is 1. The number of carboxylic acids is 1. The van der Waals surface area contributed by atoms with Crippen molar-refractivity contribution in [2.24, 2.45) is 5.73 Å². The first-order valence-corrected chi connectivity index (χ1v) is 4.99. The number of rotatable bonds is 3. The molecule has 2 heterocycles. The third kappa shape index (κ3) is 2.04. The first-order valence-electron chi connectivity index (χ1n) is 4.99. The molecule has 0 fully saturated rings. The van der Waals surface area contributed by atoms with Crippen LogP contribution in [0.5, 0.6) is 0 Å². The molecule has 2 rings (SSSR count). The molecule has 1 atom stereocenters. The largest absolute Gasteiger partial charge is 0.481 e. The molecule has 16 heavy (non-hydrogen) atoms. The molecule has 0 aliphatic rings. The van der Waals surface area contributed by atoms with Crippen molar-refractivity contribution in [3.8, 4) is 0 Å². The van der Waals surface area contributed by atoms with Crippen LogP contribution in [-0.4, -0.2) is 20.5 Å². The van der Waals surface area contributed by atoms with Gasteiger partial charge in [-0.2, -0.15) is 0 Å². The molecule has 0 aliphatic heterocycles. The summed E-state index contributed by atoms with van der Waals surface area (Å²) in [6.07, 6.45) is 3.63. The lowest BCUT2D eigenvalue weighted by molar-refractivity contribution is -0.137. The van der Waals surface area contributed by atoms with E-state index in [4.69, 9.17) is 10.8 Å². The van der Waals surface area contributed by atoms with Gasteiger partial charge in [-0.3, -0.25) is 4.79 Å². The van der Waals surface area contributed by atoms with Gasteiger partial charge in [0.15, 0.2) is 0 Å². The van der Waals surface area contributed by atoms with Gasteiger partial charge < -0.3 is 15.2 Å². The SMILES string of the molecule is Cc1cn2cc(C(N)CC(=O)O)ccc2n1. The van der Waals surface area contributed by atoms with Gasteiger partial charge in [0, 0.05) is 18.4 Å². The maximum atomic E-state index is 10.6. The van der Waals surface area contributed by atoms with Crippen molar-refractivity contribution in [2.75, 3.05) is 0 Å². The van der Waals surface area contributed by atoms with Crippen molar-refractivity contribution < 1.29 is 9.90 Å². The maximum absolute atomic E-state index is 10.6. The summed E-state index contributed by atoms with van der Waals surface area (Å²) in [6.45, 7) is 1.91. The van der Waals surface area contributed by atoms with E-state index in [1.807, 2.05) is 35.9 Å². The normalized spacial score (nSPS) is 12.9. The van der Waals surface area contributed by atoms with Crippen LogP contribution in [0.3, 0.4) is 0 Å². The first kappa shape index (κ1) is 10.6. The molecule has 3 N–H and O–H groups in total. The monoisotopic (exact) mass is 219 g/mol. The number of fused-ring (bicyclic) bond motifs is 1. The zero-order valence-electron chi connectivity index (χ0n) is 8.92. The minimum Gasteiger partial charge on any atom is -0.481 e. The number of carbonyl (C=O) groups is 1. The van der Waals surface area contributed by atoms with Crippen LogP contribution < -0.4 is 5.73 Å². The fourth-order valence-electron chi connectivity index (χ4n) is 1.66. The van der Waals surface area contributed by atoms with Gasteiger partial charge in [0.1, 0.15) is 5.65 Å². The Bertz CT molecular complexity index is 533. The first-order chi connectivity index (χ1) is 7.56. The van der Waals surface area contributed by atoms with Gasteiger partial charge in [-0.25, -0.2) is 4.98 Å². The number of hydrogen-bond donors (Lipinski definition) is 2. The molecule has 0 saturated carbocycles. The van der Waals surface area contributed by atoms with E-state index in [-0.39, 0.29) is 6.42 Å². The standard InChI is InChI=1S/C11H13N3O2/c1-7-5-14-6-8(2-3-10(14)13-7)9(12)4-11(15)16/h2-3,5-6,9H,4,12H2,1H3,(H,15,16). The Kier molecular flexibility index (Phi) is 2.62. The molecular formula is C11H13N3O2. The lowest BCUT2D eigenvalue weighted by Gasteiger charge is -2.09. The summed E-state index contributed by atoms with van der Waals surface area (Å²) >= 11 is 0. The van der Waals surface area contributed by atoms with Crippen LogP contribution in [0.15, 0.2) is 24.5 Å². The zero-order valence-corrected chi connectivity index (χ0v) is 8.92. The summed E-state index contributed by atoms with van der Waals surface area (Å²) in [7, 11) is 0. The van der Waals surface area contributed by atoms with Crippen molar-refractivity contribution in [1.82, 2.24) is 9.38 Å². The molecule has 0 radical (unpaired) electrons. The fraction of sp³-hybridized carbons (Fsp3) is 0.273. The lowest BCUT2D eigenvalue weighted by atomic mass is 10.1. The highest BCUT2D eigenvalue weighted by Crippen LogP contribution is 2.15. The molecule has 0 spiro atoms. The van der Waals surface area contributed by atoms with E-state index in [0.717, 1.165) is 16.9 Å². The van der Waals surface area contributed by atoms with E-state index in [1.54, 1.807) is 0 Å². The number of nitrogens with two attached hydrogens (primary N) is 1. The number of nitrogens with zero attached hydrogens (tertiary/aromatic N) is 2. The molecule has 0 bridgehead atoms. The van der Waals surface area contributed by atoms with Crippen molar-refractivity contribution in [3.63, 3.8) is 0 Å². The van der Waals surface area contributed by atoms with Crippen LogP contribution in [0.25, 0.3) is 5.65 Å². The predicted octanol–water partition coefficient (Wildman–Crippen LogP) is 1.12. The van der Waals surface area contributed by atoms with E-state index >= 15 is 0 Å². The number of hydrogen-bond acceptors (Lipinski definition) is 3. The van der Waals surface area contributed by atoms with Gasteiger partial charge in [-0.15, -0.1) is 0 Å². The number of aromatic nitrogens is 2. The van der Waals surface area contributed by atoms with Crippen LogP contribution in [0, 0.1) is 6.92 Å². The van der Waals surface area contributed by atoms with E-state index in [1.165, 1.54) is 0 Å². The summed E-state index contributed by atoms with van der Waals surface area (Å²) in [4.78, 5) is 14.8. The lowest BCUT2D eigenvalue weighted by Crippen LogP contribution is -2.15. The Hall–Kier alpha value is -1.88. The second-order valence-corrected chi connectivity index (χ2v) is 3.81. The number of imidazole rings is 1. The molecule has 0 aromatic carbocycles. The van der Waals surface area contributed by atoms with E-state index in [0.29, 0.717) is 0 Å². The van der Waals surface area contributed by atoms with Crippen molar-refractivity contribution in [2.45, 2.75) is 19.4 Å². The van der Waals surface area contributed by atoms with Gasteiger partial charge >= 0.3 is 5.97 Å². The molecule has 2 aromatic heterocycles. The van der Waals surface area contributed by atoms with Crippen molar-refractivity contribution in [3.05, 3.63) is 35.8 Å². The summed E-state index contributed by atoms with van der Waals surface area (Å²) in [5, 5.41) is 8.66. The minimum absolute atomic E-state index is 0.0703. The number of carboxylic acid groups (broad SMARTS) is 1. The third-order valence-electron chi connectivity index (χ3n) is 2.42. The minimum atomic E-state index is -0.894. The highest BCUT2D eigenvalue weighted by molar-refractivity contribution is 5.67. The average Bonchev–Trinajstić information content (AvgIpc) is 2.55. The zero-order chi connectivity index (χ0) is 11.7. The van der Waals surface area contributed by atoms with Gasteiger partial charge in [-0.1, -0.05) is 6.07 Å². The number of aliphatic carboxylic acids is 1. The van der Waals surface area contributed by atoms with Crippen LogP contribution in [0.2, 0.25) is 0 Å². The summed E-state index contributed by atoms with van der Waals surface area (Å²) < 4.78 is 1.85. The molecule has 0 aliphatic carbocycles. The topological polar surface area (TPSA) is 80.6 Å². The third-order valence-corrected chi connectivity index (χ3v) is 2.42. The second kappa shape index (κ2) is 3.94. The Morgan fingerprint density at radius 1 is 1.56 bits per heavy atom. The van der Waals surface area contributed by atoms with Gasteiger partial charge in [-0.05, 0) is 18.6 Å². The Balaban J connectivity index is 2.34.